The Morgan fingerprint density at radius 3 is 2.10 bits per heavy atom. The summed E-state index contributed by atoms with van der Waals surface area (Å²) in [6.45, 7) is 5.07. The van der Waals surface area contributed by atoms with Crippen LogP contribution >= 0.6 is 0 Å². The zero-order valence-electron chi connectivity index (χ0n) is 11.6. The summed E-state index contributed by atoms with van der Waals surface area (Å²) in [4.78, 5) is 22.5. The minimum atomic E-state index is 0.0845. The predicted molar refractivity (Wildman–Crippen MR) is 69.1 cm³/mol. The lowest BCUT2D eigenvalue weighted by Crippen LogP contribution is -2.32. The van der Waals surface area contributed by atoms with Gasteiger partial charge in [-0.05, 0) is 11.8 Å². The number of rotatable bonds is 5. The molecule has 6 heteroatoms. The Morgan fingerprint density at radius 2 is 1.75 bits per heavy atom. The summed E-state index contributed by atoms with van der Waals surface area (Å²) in [7, 11) is 0. The molecular weight excluding hydrogens is 258 g/mol. The van der Waals surface area contributed by atoms with E-state index in [2.05, 4.69) is 23.8 Å². The molecule has 0 aliphatic heterocycles. The monoisotopic (exact) mass is 275 g/mol. The fraction of sp³-hybridized carbons (Fsp3) is 0.500. The highest BCUT2D eigenvalue weighted by Crippen LogP contribution is 2.52. The molecule has 6 nitrogen and oxygen atoms in total. The zero-order valence-corrected chi connectivity index (χ0v) is 11.6. The van der Waals surface area contributed by atoms with Crippen LogP contribution in [-0.2, 0) is 17.9 Å². The van der Waals surface area contributed by atoms with Crippen molar-refractivity contribution in [1.29, 1.82) is 0 Å². The second-order valence-electron chi connectivity index (χ2n) is 5.90. The molecule has 20 heavy (non-hydrogen) atoms. The minimum Gasteiger partial charge on any atom is -0.451 e. The predicted octanol–water partition coefficient (Wildman–Crippen LogP) is 2.24. The van der Waals surface area contributed by atoms with E-state index < -0.39 is 0 Å². The fourth-order valence-corrected chi connectivity index (χ4v) is 2.34. The highest BCUT2D eigenvalue weighted by atomic mass is 16.3. The van der Waals surface area contributed by atoms with Crippen molar-refractivity contribution >= 4 is 5.91 Å². The Kier molecular flexibility index (Phi) is 3.08. The van der Waals surface area contributed by atoms with Crippen LogP contribution in [0.25, 0.3) is 0 Å². The first-order valence-electron chi connectivity index (χ1n) is 6.59. The van der Waals surface area contributed by atoms with E-state index in [1.54, 1.807) is 17.4 Å². The van der Waals surface area contributed by atoms with Gasteiger partial charge in [0.1, 0.15) is 12.5 Å². The van der Waals surface area contributed by atoms with Gasteiger partial charge in [0.25, 0.3) is 0 Å². The van der Waals surface area contributed by atoms with Gasteiger partial charge in [-0.15, -0.1) is 0 Å². The summed E-state index contributed by atoms with van der Waals surface area (Å²) >= 11 is 0. The second-order valence-corrected chi connectivity index (χ2v) is 5.90. The van der Waals surface area contributed by atoms with Crippen LogP contribution < -0.4 is 0 Å². The Balaban J connectivity index is 1.74. The molecule has 0 bridgehead atoms. The average molecular weight is 275 g/mol. The van der Waals surface area contributed by atoms with Crippen LogP contribution in [0.4, 0.5) is 0 Å². The third-order valence-electron chi connectivity index (χ3n) is 3.80. The zero-order chi connectivity index (χ0) is 14.2. The van der Waals surface area contributed by atoms with E-state index >= 15 is 0 Å². The van der Waals surface area contributed by atoms with Gasteiger partial charge in [0.2, 0.25) is 5.91 Å². The third kappa shape index (κ3) is 2.59. The molecule has 0 radical (unpaired) electrons. The molecule has 1 aliphatic rings. The molecular formula is C14H17N3O3. The molecule has 2 heterocycles. The van der Waals surface area contributed by atoms with Crippen LogP contribution in [0, 0.1) is 11.3 Å². The molecule has 0 spiro atoms. The van der Waals surface area contributed by atoms with E-state index in [1.165, 1.54) is 12.8 Å². The molecule has 1 fully saturated rings. The smallest absolute Gasteiger partial charge is 0.226 e. The number of hydrogen-bond donors (Lipinski definition) is 0. The molecule has 1 saturated carbocycles. The van der Waals surface area contributed by atoms with Crippen LogP contribution in [-0.4, -0.2) is 20.8 Å². The number of amides is 1. The van der Waals surface area contributed by atoms with Crippen molar-refractivity contribution in [1.82, 2.24) is 14.9 Å². The molecule has 1 atom stereocenters. The molecule has 0 N–H and O–H groups in total. The molecule has 0 aromatic carbocycles. The summed E-state index contributed by atoms with van der Waals surface area (Å²) in [5, 5.41) is 0. The van der Waals surface area contributed by atoms with Crippen molar-refractivity contribution in [3.63, 3.8) is 0 Å². The van der Waals surface area contributed by atoms with Crippen LogP contribution in [0.5, 0.6) is 0 Å². The largest absolute Gasteiger partial charge is 0.451 e. The lowest BCUT2D eigenvalue weighted by Gasteiger charge is -2.21. The summed E-state index contributed by atoms with van der Waals surface area (Å²) < 4.78 is 9.93. The number of aromatic nitrogens is 2. The standard InChI is InChI=1S/C14H17N3O3/c1-14(2)3-12(14)13(18)17(4-10-6-19-8-15-10)5-11-7-20-9-16-11/h6-9,12H,3-5H2,1-2H3/t12-/m0/s1. The van der Waals surface area contributed by atoms with Gasteiger partial charge in [-0.25, -0.2) is 9.97 Å². The number of hydrogen-bond acceptors (Lipinski definition) is 5. The van der Waals surface area contributed by atoms with E-state index in [1.807, 2.05) is 0 Å². The van der Waals surface area contributed by atoms with Crippen LogP contribution in [0.2, 0.25) is 0 Å². The molecule has 1 amide bonds. The Bertz CT molecular complexity index is 539. The van der Waals surface area contributed by atoms with Gasteiger partial charge in [-0.3, -0.25) is 4.79 Å². The van der Waals surface area contributed by atoms with E-state index in [4.69, 9.17) is 8.83 Å². The van der Waals surface area contributed by atoms with Crippen molar-refractivity contribution in [3.8, 4) is 0 Å². The number of nitrogens with zero attached hydrogens (tertiary/aromatic N) is 3. The molecule has 2 aromatic rings. The van der Waals surface area contributed by atoms with Crippen LogP contribution in [0.3, 0.4) is 0 Å². The minimum absolute atomic E-state index is 0.0845. The maximum Gasteiger partial charge on any atom is 0.226 e. The van der Waals surface area contributed by atoms with Crippen molar-refractivity contribution in [3.05, 3.63) is 36.7 Å². The lowest BCUT2D eigenvalue weighted by atomic mass is 10.1. The van der Waals surface area contributed by atoms with Gasteiger partial charge in [0.15, 0.2) is 12.8 Å². The van der Waals surface area contributed by atoms with E-state index in [0.29, 0.717) is 13.1 Å². The Labute approximate surface area is 116 Å². The molecule has 106 valence electrons. The van der Waals surface area contributed by atoms with Crippen molar-refractivity contribution < 1.29 is 13.6 Å². The average Bonchev–Trinajstić information content (AvgIpc) is 2.88. The molecule has 3 rings (SSSR count). The third-order valence-corrected chi connectivity index (χ3v) is 3.80. The summed E-state index contributed by atoms with van der Waals surface area (Å²) in [6.07, 6.45) is 6.78. The van der Waals surface area contributed by atoms with E-state index in [-0.39, 0.29) is 17.2 Å². The number of oxazole rings is 2. The maximum absolute atomic E-state index is 12.6. The van der Waals surface area contributed by atoms with E-state index in [9.17, 15) is 4.79 Å². The summed E-state index contributed by atoms with van der Waals surface area (Å²) in [5.74, 6) is 0.224. The van der Waals surface area contributed by atoms with E-state index in [0.717, 1.165) is 17.8 Å². The maximum atomic E-state index is 12.6. The first-order chi connectivity index (χ1) is 9.56. The molecule has 0 unspecified atom stereocenters. The summed E-state index contributed by atoms with van der Waals surface area (Å²) in [5.41, 5.74) is 1.57. The first-order valence-corrected chi connectivity index (χ1v) is 6.59. The normalized spacial score (nSPS) is 19.8. The molecule has 1 aliphatic carbocycles. The van der Waals surface area contributed by atoms with Gasteiger partial charge in [-0.1, -0.05) is 13.8 Å². The Morgan fingerprint density at radius 1 is 1.25 bits per heavy atom. The summed E-state index contributed by atoms with van der Waals surface area (Å²) in [6, 6.07) is 0. The first kappa shape index (κ1) is 12.9. The van der Waals surface area contributed by atoms with Crippen LogP contribution in [0.1, 0.15) is 31.7 Å². The van der Waals surface area contributed by atoms with Gasteiger partial charge in [0, 0.05) is 5.92 Å². The van der Waals surface area contributed by atoms with Crippen LogP contribution in [0.15, 0.2) is 34.1 Å². The quantitative estimate of drug-likeness (QED) is 0.836. The van der Waals surface area contributed by atoms with Gasteiger partial charge < -0.3 is 13.7 Å². The van der Waals surface area contributed by atoms with Crippen molar-refractivity contribution in [2.75, 3.05) is 0 Å². The van der Waals surface area contributed by atoms with Gasteiger partial charge in [-0.2, -0.15) is 0 Å². The second kappa shape index (κ2) is 4.77. The van der Waals surface area contributed by atoms with Crippen molar-refractivity contribution in [2.24, 2.45) is 11.3 Å². The number of carbonyl (C=O) groups excluding carboxylic acids is 1. The topological polar surface area (TPSA) is 72.4 Å². The fourth-order valence-electron chi connectivity index (χ4n) is 2.34. The van der Waals surface area contributed by atoms with Gasteiger partial charge >= 0.3 is 0 Å². The molecule has 2 aromatic heterocycles. The van der Waals surface area contributed by atoms with Crippen molar-refractivity contribution in [2.45, 2.75) is 33.4 Å². The number of carbonyl (C=O) groups is 1. The highest BCUT2D eigenvalue weighted by molar-refractivity contribution is 5.82. The highest BCUT2D eigenvalue weighted by Gasteiger charge is 2.52. The lowest BCUT2D eigenvalue weighted by molar-refractivity contribution is -0.134. The SMILES string of the molecule is CC1(C)C[C@H]1C(=O)N(Cc1cocn1)Cc1cocn1. The Hall–Kier alpha value is -2.11. The van der Waals surface area contributed by atoms with Gasteiger partial charge in [0.05, 0.1) is 24.5 Å². The molecule has 0 saturated heterocycles.